The smallest absolute Gasteiger partial charge is 0.396 e. The van der Waals surface area contributed by atoms with Crippen LogP contribution in [0.25, 0.3) is 0 Å². The van der Waals surface area contributed by atoms with Gasteiger partial charge in [0.05, 0.1) is 13.2 Å². The second-order valence-corrected chi connectivity index (χ2v) is 6.16. The zero-order valence-corrected chi connectivity index (χ0v) is 16.4. The molecule has 18 heteroatoms. The number of ether oxygens (including phenoxy) is 4. The van der Waals surface area contributed by atoms with Crippen molar-refractivity contribution in [2.45, 2.75) is 68.8 Å². The van der Waals surface area contributed by atoms with Gasteiger partial charge in [-0.1, -0.05) is 0 Å². The lowest BCUT2D eigenvalue weighted by molar-refractivity contribution is -0.499. The van der Waals surface area contributed by atoms with E-state index in [0.717, 1.165) is 0 Å². The fourth-order valence-corrected chi connectivity index (χ4v) is 1.69. The molecule has 33 heavy (non-hydrogen) atoms. The Kier molecular flexibility index (Phi) is 12.2. The van der Waals surface area contributed by atoms with Crippen LogP contribution in [0.2, 0.25) is 0 Å². The number of hydrogen-bond acceptors (Lipinski definition) is 6. The Balaban J connectivity index is 5.27. The monoisotopic (exact) mass is 524 g/mol. The number of hydrogen-bond donors (Lipinski definition) is 2. The van der Waals surface area contributed by atoms with Crippen LogP contribution in [0.5, 0.6) is 0 Å². The molecule has 2 N–H and O–H groups in total. The number of unbranched alkanes of at least 4 members (excludes halogenated alkanes) is 2. The van der Waals surface area contributed by atoms with Crippen LogP contribution in [0.3, 0.4) is 0 Å². The third-order valence-electron chi connectivity index (χ3n) is 3.46. The molecule has 0 fully saturated rings. The standard InChI is InChI=1S/C15H20F12O6/c16-9(11(18,19)30-7-3-1-5-28)32-14(24,25)13(22,23)15(26,27)33-10(17)12(20,21)31-8-4-2-6-29/h9-10,28-29H,1-8H2. The van der Waals surface area contributed by atoms with Crippen molar-refractivity contribution in [3.63, 3.8) is 0 Å². The van der Waals surface area contributed by atoms with E-state index < -0.39 is 69.5 Å². The Bertz CT molecular complexity index is 519. The highest BCUT2D eigenvalue weighted by Crippen LogP contribution is 2.49. The second kappa shape index (κ2) is 12.6. The van der Waals surface area contributed by atoms with Gasteiger partial charge in [-0.25, -0.2) is 8.78 Å². The molecule has 6 nitrogen and oxygen atoms in total. The second-order valence-electron chi connectivity index (χ2n) is 6.16. The highest BCUT2D eigenvalue weighted by molar-refractivity contribution is 4.87. The maximum atomic E-state index is 13.5. The van der Waals surface area contributed by atoms with E-state index in [1.165, 1.54) is 0 Å². The van der Waals surface area contributed by atoms with Gasteiger partial charge in [-0.15, -0.1) is 0 Å². The maximum Gasteiger partial charge on any atom is 0.431 e. The molecule has 0 aromatic heterocycles. The molecule has 2 unspecified atom stereocenters. The largest absolute Gasteiger partial charge is 0.431 e. The molecule has 0 aliphatic carbocycles. The molecule has 0 radical (unpaired) electrons. The van der Waals surface area contributed by atoms with Crippen LogP contribution in [0.1, 0.15) is 25.7 Å². The first kappa shape index (κ1) is 31.9. The quantitative estimate of drug-likeness (QED) is 0.207. The van der Waals surface area contributed by atoms with Gasteiger partial charge < -0.3 is 19.7 Å². The fourth-order valence-electron chi connectivity index (χ4n) is 1.69. The summed E-state index contributed by atoms with van der Waals surface area (Å²) < 4.78 is 172. The Labute approximate surface area is 178 Å². The number of aliphatic hydroxyl groups is 2. The van der Waals surface area contributed by atoms with Gasteiger partial charge in [0.15, 0.2) is 0 Å². The Morgan fingerprint density at radius 1 is 0.545 bits per heavy atom. The summed E-state index contributed by atoms with van der Waals surface area (Å²) in [5, 5.41) is 16.8. The molecule has 0 heterocycles. The predicted octanol–water partition coefficient (Wildman–Crippen LogP) is 4.20. The van der Waals surface area contributed by atoms with Crippen LogP contribution in [0, 0.1) is 0 Å². The van der Waals surface area contributed by atoms with Gasteiger partial charge in [-0.2, -0.15) is 43.9 Å². The molecule has 0 saturated carbocycles. The van der Waals surface area contributed by atoms with E-state index in [0.29, 0.717) is 0 Å². The van der Waals surface area contributed by atoms with Gasteiger partial charge >= 0.3 is 30.4 Å². The lowest BCUT2D eigenvalue weighted by Crippen LogP contribution is -2.60. The molecule has 0 aromatic carbocycles. The number of alkyl halides is 12. The van der Waals surface area contributed by atoms with Crippen molar-refractivity contribution in [1.29, 1.82) is 0 Å². The summed E-state index contributed by atoms with van der Waals surface area (Å²) in [6, 6.07) is 0. The summed E-state index contributed by atoms with van der Waals surface area (Å²) in [4.78, 5) is 0. The zero-order valence-electron chi connectivity index (χ0n) is 16.4. The van der Waals surface area contributed by atoms with Crippen molar-refractivity contribution < 1.29 is 81.8 Å². The van der Waals surface area contributed by atoms with Crippen molar-refractivity contribution in [3.8, 4) is 0 Å². The average molecular weight is 524 g/mol. The SMILES string of the molecule is OCCCCOC(F)(F)C(F)OC(F)(F)C(F)(F)C(F)(F)OC(F)C(F)(F)OCCCCO. The molecule has 0 rings (SSSR count). The van der Waals surface area contributed by atoms with Crippen molar-refractivity contribution >= 4 is 0 Å². The average Bonchev–Trinajstić information content (AvgIpc) is 2.67. The first-order valence-corrected chi connectivity index (χ1v) is 8.90. The van der Waals surface area contributed by atoms with Gasteiger partial charge in [0, 0.05) is 13.2 Å². The summed E-state index contributed by atoms with van der Waals surface area (Å²) in [5.74, 6) is -7.16. The summed E-state index contributed by atoms with van der Waals surface area (Å²) in [6.07, 6.45) is -35.1. The minimum absolute atomic E-state index is 0.175. The van der Waals surface area contributed by atoms with E-state index in [1.54, 1.807) is 0 Å². The van der Waals surface area contributed by atoms with E-state index in [2.05, 4.69) is 18.9 Å². The van der Waals surface area contributed by atoms with E-state index in [9.17, 15) is 52.7 Å². The van der Waals surface area contributed by atoms with Crippen LogP contribution >= 0.6 is 0 Å². The molecule has 0 spiro atoms. The Hall–Kier alpha value is -1.08. The first-order valence-electron chi connectivity index (χ1n) is 8.90. The molecule has 0 aliphatic heterocycles. The van der Waals surface area contributed by atoms with Gasteiger partial charge in [0.1, 0.15) is 0 Å². The normalized spacial score (nSPS) is 16.2. The highest BCUT2D eigenvalue weighted by Gasteiger charge is 2.77. The number of halogens is 12. The summed E-state index contributed by atoms with van der Waals surface area (Å²) in [6.45, 7) is -3.27. The molecule has 0 saturated heterocycles. The maximum absolute atomic E-state index is 13.5. The molecule has 0 aliphatic rings. The minimum atomic E-state index is -7.16. The van der Waals surface area contributed by atoms with E-state index in [1.807, 2.05) is 0 Å². The Morgan fingerprint density at radius 3 is 1.12 bits per heavy atom. The van der Waals surface area contributed by atoms with Crippen molar-refractivity contribution in [3.05, 3.63) is 0 Å². The van der Waals surface area contributed by atoms with Crippen molar-refractivity contribution in [2.75, 3.05) is 26.4 Å². The fraction of sp³-hybridized carbons (Fsp3) is 1.00. The van der Waals surface area contributed by atoms with Crippen LogP contribution in [-0.4, -0.2) is 79.7 Å². The predicted molar refractivity (Wildman–Crippen MR) is 81.2 cm³/mol. The Morgan fingerprint density at radius 2 is 0.848 bits per heavy atom. The van der Waals surface area contributed by atoms with Crippen LogP contribution in [0.15, 0.2) is 0 Å². The van der Waals surface area contributed by atoms with Crippen molar-refractivity contribution in [2.24, 2.45) is 0 Å². The lowest BCUT2D eigenvalue weighted by atomic mass is 10.3. The topological polar surface area (TPSA) is 77.4 Å². The summed E-state index contributed by atoms with van der Waals surface area (Å²) in [7, 11) is 0. The van der Waals surface area contributed by atoms with Gasteiger partial charge in [0.25, 0.3) is 12.7 Å². The van der Waals surface area contributed by atoms with Gasteiger partial charge in [-0.3, -0.25) is 9.47 Å². The van der Waals surface area contributed by atoms with Crippen LogP contribution in [0.4, 0.5) is 52.7 Å². The molecule has 0 bridgehead atoms. The summed E-state index contributed by atoms with van der Waals surface area (Å²) >= 11 is 0. The molecule has 0 aromatic rings. The molecule has 200 valence electrons. The van der Waals surface area contributed by atoms with E-state index in [4.69, 9.17) is 10.2 Å². The minimum Gasteiger partial charge on any atom is -0.396 e. The third kappa shape index (κ3) is 9.23. The first-order chi connectivity index (χ1) is 14.9. The highest BCUT2D eigenvalue weighted by atomic mass is 19.4. The molecular formula is C15H20F12O6. The molecule has 0 amide bonds. The van der Waals surface area contributed by atoms with Crippen molar-refractivity contribution in [1.82, 2.24) is 0 Å². The number of aliphatic hydroxyl groups excluding tert-OH is 2. The van der Waals surface area contributed by atoms with E-state index >= 15 is 0 Å². The van der Waals surface area contributed by atoms with Gasteiger partial charge in [-0.05, 0) is 25.7 Å². The number of rotatable bonds is 18. The zero-order chi connectivity index (χ0) is 26.1. The molecule has 2 atom stereocenters. The van der Waals surface area contributed by atoms with Crippen LogP contribution < -0.4 is 0 Å². The lowest BCUT2D eigenvalue weighted by Gasteiger charge is -2.34. The molecular weight excluding hydrogens is 504 g/mol. The third-order valence-corrected chi connectivity index (χ3v) is 3.46. The van der Waals surface area contributed by atoms with Gasteiger partial charge in [0.2, 0.25) is 0 Å². The van der Waals surface area contributed by atoms with Crippen LogP contribution in [-0.2, 0) is 18.9 Å². The summed E-state index contributed by atoms with van der Waals surface area (Å²) in [5.41, 5.74) is 0. The van der Waals surface area contributed by atoms with E-state index in [-0.39, 0.29) is 25.7 Å².